The number of hydrogen-bond acceptors (Lipinski definition) is 5. The van der Waals surface area contributed by atoms with Crippen molar-refractivity contribution < 1.29 is 14.3 Å². The van der Waals surface area contributed by atoms with Crippen LogP contribution in [0.4, 0.5) is 10.5 Å². The molecule has 2 saturated heterocycles. The fourth-order valence-electron chi connectivity index (χ4n) is 3.33. The van der Waals surface area contributed by atoms with Crippen molar-refractivity contribution in [2.75, 3.05) is 64.4 Å². The lowest BCUT2D eigenvalue weighted by atomic mass is 10.2. The number of halogens is 1. The summed E-state index contributed by atoms with van der Waals surface area (Å²) in [4.78, 5) is 33.6. The average molecular weight is 516 g/mol. The van der Waals surface area contributed by atoms with Crippen LogP contribution in [0.1, 0.15) is 6.92 Å². The molecule has 3 amide bonds. The fourth-order valence-corrected chi connectivity index (χ4v) is 3.33. The number of rotatable bonds is 6. The quantitative estimate of drug-likeness (QED) is 0.254. The predicted octanol–water partition coefficient (Wildman–Crippen LogP) is 0.953. The van der Waals surface area contributed by atoms with Gasteiger partial charge in [-0.1, -0.05) is 0 Å². The Hall–Kier alpha value is -2.24. The number of ether oxygens (including phenoxy) is 1. The van der Waals surface area contributed by atoms with Crippen molar-refractivity contribution in [3.63, 3.8) is 0 Å². The number of anilines is 1. The molecule has 2 N–H and O–H groups in total. The van der Waals surface area contributed by atoms with Crippen LogP contribution < -0.4 is 20.3 Å². The molecule has 1 aromatic rings. The predicted molar refractivity (Wildman–Crippen MR) is 123 cm³/mol. The van der Waals surface area contributed by atoms with E-state index in [9.17, 15) is 9.59 Å². The molecule has 2 heterocycles. The SMILES string of the molecule is CCNC(=NCCN1C(=O)CNC1=O)N1CCN(c2ccc(OC)cc2)CC1.I. The second kappa shape index (κ2) is 11.1. The summed E-state index contributed by atoms with van der Waals surface area (Å²) in [5, 5.41) is 5.83. The minimum atomic E-state index is -0.335. The number of aliphatic imine (C=N–C) groups is 1. The van der Waals surface area contributed by atoms with Gasteiger partial charge >= 0.3 is 6.03 Å². The third kappa shape index (κ3) is 5.87. The molecule has 0 unspecified atom stereocenters. The van der Waals surface area contributed by atoms with Crippen molar-refractivity contribution in [2.24, 2.45) is 4.99 Å². The Balaban J connectivity index is 0.00000300. The van der Waals surface area contributed by atoms with Crippen LogP contribution in [0.2, 0.25) is 0 Å². The van der Waals surface area contributed by atoms with E-state index in [1.165, 1.54) is 10.6 Å². The molecule has 0 spiro atoms. The number of urea groups is 1. The maximum atomic E-state index is 11.7. The first-order valence-corrected chi connectivity index (χ1v) is 9.63. The van der Waals surface area contributed by atoms with Crippen molar-refractivity contribution in [2.45, 2.75) is 6.92 Å². The molecule has 2 aliphatic heterocycles. The van der Waals surface area contributed by atoms with E-state index in [1.54, 1.807) is 7.11 Å². The van der Waals surface area contributed by atoms with Gasteiger partial charge in [-0.05, 0) is 31.2 Å². The molecule has 2 aliphatic rings. The number of imide groups is 1. The second-order valence-corrected chi connectivity index (χ2v) is 6.61. The summed E-state index contributed by atoms with van der Waals surface area (Å²) in [7, 11) is 1.67. The zero-order valence-electron chi connectivity index (χ0n) is 16.9. The van der Waals surface area contributed by atoms with Crippen LogP contribution >= 0.6 is 24.0 Å². The van der Waals surface area contributed by atoms with Gasteiger partial charge < -0.3 is 25.2 Å². The summed E-state index contributed by atoms with van der Waals surface area (Å²) in [5.41, 5.74) is 1.18. The lowest BCUT2D eigenvalue weighted by molar-refractivity contribution is -0.124. The van der Waals surface area contributed by atoms with E-state index < -0.39 is 0 Å². The molecule has 29 heavy (non-hydrogen) atoms. The van der Waals surface area contributed by atoms with Gasteiger partial charge in [0.2, 0.25) is 5.91 Å². The van der Waals surface area contributed by atoms with Crippen LogP contribution in [0.15, 0.2) is 29.3 Å². The number of carbonyl (C=O) groups excluding carboxylic acids is 2. The molecule has 2 fully saturated rings. The molecular weight excluding hydrogens is 487 g/mol. The largest absolute Gasteiger partial charge is 0.497 e. The molecule has 9 nitrogen and oxygen atoms in total. The van der Waals surface area contributed by atoms with Gasteiger partial charge in [-0.2, -0.15) is 0 Å². The van der Waals surface area contributed by atoms with E-state index in [4.69, 9.17) is 4.74 Å². The van der Waals surface area contributed by atoms with E-state index in [2.05, 4.69) is 37.6 Å². The van der Waals surface area contributed by atoms with Crippen molar-refractivity contribution >= 4 is 47.6 Å². The Kier molecular flexibility index (Phi) is 8.80. The van der Waals surface area contributed by atoms with Crippen molar-refractivity contribution in [3.05, 3.63) is 24.3 Å². The number of methoxy groups -OCH3 is 1. The van der Waals surface area contributed by atoms with Crippen LogP contribution in [0, 0.1) is 0 Å². The third-order valence-corrected chi connectivity index (χ3v) is 4.87. The van der Waals surface area contributed by atoms with E-state index in [0.29, 0.717) is 13.1 Å². The van der Waals surface area contributed by atoms with E-state index in [0.717, 1.165) is 44.4 Å². The average Bonchev–Trinajstić information content (AvgIpc) is 3.05. The van der Waals surface area contributed by atoms with Crippen LogP contribution in [0.5, 0.6) is 5.75 Å². The highest BCUT2D eigenvalue weighted by molar-refractivity contribution is 14.0. The van der Waals surface area contributed by atoms with Gasteiger partial charge in [0.05, 0.1) is 26.7 Å². The van der Waals surface area contributed by atoms with Crippen molar-refractivity contribution in [1.82, 2.24) is 20.4 Å². The van der Waals surface area contributed by atoms with E-state index in [-0.39, 0.29) is 42.5 Å². The standard InChI is InChI=1S/C19H28N6O3.HI/c1-3-20-18(21-8-9-25-17(26)14-22-19(25)27)24-12-10-23(11-13-24)15-4-6-16(28-2)7-5-15;/h4-7H,3,8-14H2,1-2H3,(H,20,21)(H,22,27);1H. The topological polar surface area (TPSA) is 89.5 Å². The maximum absolute atomic E-state index is 11.7. The molecule has 160 valence electrons. The molecule has 0 saturated carbocycles. The molecule has 3 rings (SSSR count). The number of nitrogens with zero attached hydrogens (tertiary/aromatic N) is 4. The summed E-state index contributed by atoms with van der Waals surface area (Å²) in [6, 6.07) is 7.77. The summed E-state index contributed by atoms with van der Waals surface area (Å²) in [5.74, 6) is 1.48. The number of hydrogen-bond donors (Lipinski definition) is 2. The first-order chi connectivity index (χ1) is 13.6. The molecule has 0 bridgehead atoms. The highest BCUT2D eigenvalue weighted by Gasteiger charge is 2.27. The number of piperazine rings is 1. The first-order valence-electron chi connectivity index (χ1n) is 9.63. The minimum absolute atomic E-state index is 0. The minimum Gasteiger partial charge on any atom is -0.497 e. The Bertz CT molecular complexity index is 703. The van der Waals surface area contributed by atoms with Gasteiger partial charge in [-0.3, -0.25) is 14.7 Å². The molecule has 10 heteroatoms. The van der Waals surface area contributed by atoms with Crippen molar-refractivity contribution in [1.29, 1.82) is 0 Å². The fraction of sp³-hybridized carbons (Fsp3) is 0.526. The van der Waals surface area contributed by atoms with E-state index in [1.807, 2.05) is 19.1 Å². The highest BCUT2D eigenvalue weighted by atomic mass is 127. The smallest absolute Gasteiger partial charge is 0.324 e. The van der Waals surface area contributed by atoms with Gasteiger partial charge in [0.25, 0.3) is 0 Å². The summed E-state index contributed by atoms with van der Waals surface area (Å²) in [6.07, 6.45) is 0. The zero-order valence-corrected chi connectivity index (χ0v) is 19.2. The Morgan fingerprint density at radius 2 is 1.86 bits per heavy atom. The van der Waals surface area contributed by atoms with Gasteiger partial charge in [-0.15, -0.1) is 24.0 Å². The van der Waals surface area contributed by atoms with Gasteiger partial charge in [-0.25, -0.2) is 4.79 Å². The summed E-state index contributed by atoms with van der Waals surface area (Å²) in [6.45, 7) is 7.04. The number of carbonyl (C=O) groups is 2. The van der Waals surface area contributed by atoms with Gasteiger partial charge in [0.15, 0.2) is 5.96 Å². The van der Waals surface area contributed by atoms with Crippen LogP contribution in [0.3, 0.4) is 0 Å². The Morgan fingerprint density at radius 1 is 1.17 bits per heavy atom. The lowest BCUT2D eigenvalue weighted by Crippen LogP contribution is -2.52. The van der Waals surface area contributed by atoms with Crippen molar-refractivity contribution in [3.8, 4) is 5.75 Å². The zero-order chi connectivity index (χ0) is 19.9. The van der Waals surface area contributed by atoms with Gasteiger partial charge in [0, 0.05) is 38.4 Å². The van der Waals surface area contributed by atoms with E-state index >= 15 is 0 Å². The molecule has 0 aromatic heterocycles. The number of nitrogens with one attached hydrogen (secondary N) is 2. The molecular formula is C19H29IN6O3. The van der Waals surface area contributed by atoms with Crippen LogP contribution in [0.25, 0.3) is 0 Å². The molecule has 0 radical (unpaired) electrons. The molecule has 0 aliphatic carbocycles. The Morgan fingerprint density at radius 3 is 2.41 bits per heavy atom. The number of guanidine groups is 1. The molecule has 0 atom stereocenters. The monoisotopic (exact) mass is 516 g/mol. The van der Waals surface area contributed by atoms with Gasteiger partial charge in [0.1, 0.15) is 5.75 Å². The molecule has 1 aromatic carbocycles. The van der Waals surface area contributed by atoms with Crippen LogP contribution in [-0.4, -0.2) is 87.2 Å². The third-order valence-electron chi connectivity index (χ3n) is 4.87. The maximum Gasteiger partial charge on any atom is 0.324 e. The first kappa shape index (κ1) is 23.0. The Labute approximate surface area is 188 Å². The number of benzene rings is 1. The number of amides is 3. The lowest BCUT2D eigenvalue weighted by Gasteiger charge is -2.37. The summed E-state index contributed by atoms with van der Waals surface area (Å²) < 4.78 is 5.22. The normalized spacial score (nSPS) is 17.2. The van der Waals surface area contributed by atoms with Crippen LogP contribution in [-0.2, 0) is 4.79 Å². The second-order valence-electron chi connectivity index (χ2n) is 6.61. The highest BCUT2D eigenvalue weighted by Crippen LogP contribution is 2.20. The summed E-state index contributed by atoms with van der Waals surface area (Å²) >= 11 is 0.